The van der Waals surface area contributed by atoms with E-state index < -0.39 is 23.9 Å². The lowest BCUT2D eigenvalue weighted by atomic mass is 10.1. The Hall–Kier alpha value is -4.87. The van der Waals surface area contributed by atoms with Gasteiger partial charge in [0.25, 0.3) is 5.91 Å². The predicted molar refractivity (Wildman–Crippen MR) is 166 cm³/mol. The Morgan fingerprint density at radius 1 is 1.02 bits per heavy atom. The topological polar surface area (TPSA) is 177 Å². The van der Waals surface area contributed by atoms with Crippen LogP contribution in [-0.2, 0) is 19.1 Å². The molecule has 2 aromatic carbocycles. The molecule has 0 aromatic heterocycles. The maximum absolute atomic E-state index is 13.2. The van der Waals surface area contributed by atoms with Crippen molar-refractivity contribution in [3.63, 3.8) is 0 Å². The summed E-state index contributed by atoms with van der Waals surface area (Å²) >= 11 is 0. The van der Waals surface area contributed by atoms with E-state index in [0.717, 1.165) is 25.9 Å². The van der Waals surface area contributed by atoms with Gasteiger partial charge in [-0.05, 0) is 57.2 Å². The van der Waals surface area contributed by atoms with E-state index in [1.54, 1.807) is 63.2 Å². The second-order valence-electron chi connectivity index (χ2n) is 10.2. The fourth-order valence-corrected chi connectivity index (χ4v) is 4.53. The molecule has 0 radical (unpaired) electrons. The number of nitrogens with one attached hydrogen (secondary N) is 3. The molecule has 0 saturated carbocycles. The number of nitrogen functional groups attached to an aromatic ring is 1. The number of carbonyl (C=O) groups excluding carboxylic acids is 3. The van der Waals surface area contributed by atoms with E-state index >= 15 is 0 Å². The van der Waals surface area contributed by atoms with Gasteiger partial charge in [0.2, 0.25) is 0 Å². The first-order chi connectivity index (χ1) is 21.1. The van der Waals surface area contributed by atoms with Crippen LogP contribution in [0.4, 0.5) is 0 Å². The number of nitrogens with two attached hydrogens (primary N) is 1. The van der Waals surface area contributed by atoms with Crippen LogP contribution < -0.4 is 20.5 Å². The van der Waals surface area contributed by atoms with E-state index in [9.17, 15) is 14.4 Å². The number of likely N-dealkylation sites (tertiary alicyclic amines) is 1. The highest BCUT2D eigenvalue weighted by Gasteiger charge is 2.22. The molecule has 0 bridgehead atoms. The van der Waals surface area contributed by atoms with Gasteiger partial charge in [-0.25, -0.2) is 4.79 Å². The van der Waals surface area contributed by atoms with Gasteiger partial charge in [0, 0.05) is 48.7 Å². The fourth-order valence-electron chi connectivity index (χ4n) is 4.53. The molecule has 12 nitrogen and oxygen atoms in total. The Morgan fingerprint density at radius 2 is 1.68 bits per heavy atom. The summed E-state index contributed by atoms with van der Waals surface area (Å²) in [5, 5.41) is 18.4. The highest BCUT2D eigenvalue weighted by atomic mass is 16.5. The number of hydrogen-bond donors (Lipinski definition) is 4. The van der Waals surface area contributed by atoms with Gasteiger partial charge in [0.1, 0.15) is 30.0 Å². The van der Waals surface area contributed by atoms with Crippen molar-refractivity contribution in [2.75, 3.05) is 32.9 Å². The number of rotatable bonds is 14. The molecule has 0 aliphatic carbocycles. The normalized spacial score (nSPS) is 14.0. The van der Waals surface area contributed by atoms with Crippen LogP contribution in [0.25, 0.3) is 6.08 Å². The lowest BCUT2D eigenvalue weighted by Crippen LogP contribution is -2.41. The van der Waals surface area contributed by atoms with Gasteiger partial charge < -0.3 is 34.9 Å². The third-order valence-corrected chi connectivity index (χ3v) is 6.84. The maximum Gasteiger partial charge on any atom is 0.330 e. The van der Waals surface area contributed by atoms with Gasteiger partial charge in [-0.1, -0.05) is 12.1 Å². The Morgan fingerprint density at radius 3 is 2.30 bits per heavy atom. The van der Waals surface area contributed by atoms with Gasteiger partial charge in [-0.3, -0.25) is 20.4 Å². The summed E-state index contributed by atoms with van der Waals surface area (Å²) in [5.74, 6) is -0.122. The third-order valence-electron chi connectivity index (χ3n) is 6.84. The molecule has 3 rings (SSSR count). The molecule has 2 aromatic rings. The third kappa shape index (κ3) is 10.4. The van der Waals surface area contributed by atoms with Crippen LogP contribution in [-0.4, -0.2) is 79.5 Å². The SMILES string of the molecule is CCOC(=O)/C=C/c1ccc(C(=N)N)cc1OC[C@@H](CC(=O)OCC)NC(=O)c1ccc(OC2CCN(C(C)=N)CC2)cc1. The van der Waals surface area contributed by atoms with Gasteiger partial charge in [0.05, 0.1) is 31.5 Å². The van der Waals surface area contributed by atoms with E-state index in [1.807, 2.05) is 4.90 Å². The zero-order valence-corrected chi connectivity index (χ0v) is 25.4. The molecule has 1 heterocycles. The van der Waals surface area contributed by atoms with Crippen molar-refractivity contribution in [1.82, 2.24) is 10.2 Å². The molecule has 1 fully saturated rings. The van der Waals surface area contributed by atoms with Gasteiger partial charge in [-0.15, -0.1) is 0 Å². The number of amidine groups is 2. The average Bonchev–Trinajstić information content (AvgIpc) is 2.99. The zero-order chi connectivity index (χ0) is 32.1. The Bertz CT molecular complexity index is 1350. The number of nitrogens with zero attached hydrogens (tertiary/aromatic N) is 1. The number of benzene rings is 2. The highest BCUT2D eigenvalue weighted by Crippen LogP contribution is 2.23. The number of ether oxygens (including phenoxy) is 4. The van der Waals surface area contributed by atoms with Crippen LogP contribution in [0, 0.1) is 10.8 Å². The minimum atomic E-state index is -0.761. The Kier molecular flexibility index (Phi) is 12.8. The van der Waals surface area contributed by atoms with E-state index in [0.29, 0.717) is 34.0 Å². The minimum Gasteiger partial charge on any atom is -0.491 e. The second-order valence-corrected chi connectivity index (χ2v) is 10.2. The average molecular weight is 608 g/mol. The molecule has 1 aliphatic heterocycles. The first kappa shape index (κ1) is 33.6. The molecule has 0 unspecified atom stereocenters. The monoisotopic (exact) mass is 607 g/mol. The lowest BCUT2D eigenvalue weighted by molar-refractivity contribution is -0.143. The molecular formula is C32H41N5O7. The summed E-state index contributed by atoms with van der Waals surface area (Å²) in [6.45, 7) is 7.02. The highest BCUT2D eigenvalue weighted by molar-refractivity contribution is 5.96. The van der Waals surface area contributed by atoms with Crippen molar-refractivity contribution in [2.45, 2.75) is 52.2 Å². The predicted octanol–water partition coefficient (Wildman–Crippen LogP) is 3.52. The Labute approximate surface area is 257 Å². The largest absolute Gasteiger partial charge is 0.491 e. The van der Waals surface area contributed by atoms with Crippen LogP contribution in [0.15, 0.2) is 48.5 Å². The number of esters is 2. The van der Waals surface area contributed by atoms with E-state index in [1.165, 1.54) is 12.2 Å². The lowest BCUT2D eigenvalue weighted by Gasteiger charge is -2.32. The summed E-state index contributed by atoms with van der Waals surface area (Å²) in [6, 6.07) is 10.8. The molecule has 0 spiro atoms. The van der Waals surface area contributed by atoms with Crippen molar-refractivity contribution >= 4 is 35.6 Å². The van der Waals surface area contributed by atoms with Crippen molar-refractivity contribution < 1.29 is 33.3 Å². The smallest absolute Gasteiger partial charge is 0.330 e. The van der Waals surface area contributed by atoms with Gasteiger partial charge in [-0.2, -0.15) is 0 Å². The molecular weight excluding hydrogens is 566 g/mol. The molecule has 12 heteroatoms. The number of piperidine rings is 1. The molecule has 1 amide bonds. The fraction of sp³-hybridized carbons (Fsp3) is 0.406. The molecule has 1 saturated heterocycles. The van der Waals surface area contributed by atoms with Crippen LogP contribution in [0.3, 0.4) is 0 Å². The van der Waals surface area contributed by atoms with Crippen LogP contribution in [0.5, 0.6) is 11.5 Å². The molecule has 1 atom stereocenters. The van der Waals surface area contributed by atoms with Gasteiger partial charge >= 0.3 is 11.9 Å². The van der Waals surface area contributed by atoms with E-state index in [4.69, 9.17) is 35.5 Å². The first-order valence-electron chi connectivity index (χ1n) is 14.6. The quantitative estimate of drug-likeness (QED) is 0.108. The number of amides is 1. The van der Waals surface area contributed by atoms with E-state index in [-0.39, 0.29) is 38.2 Å². The van der Waals surface area contributed by atoms with Gasteiger partial charge in [0.15, 0.2) is 0 Å². The number of hydrogen-bond acceptors (Lipinski definition) is 9. The van der Waals surface area contributed by atoms with Crippen molar-refractivity contribution in [3.05, 3.63) is 65.2 Å². The minimum absolute atomic E-state index is 0.0370. The summed E-state index contributed by atoms with van der Waals surface area (Å²) < 4.78 is 22.1. The van der Waals surface area contributed by atoms with Crippen molar-refractivity contribution in [3.8, 4) is 11.5 Å². The zero-order valence-electron chi connectivity index (χ0n) is 25.4. The molecule has 44 heavy (non-hydrogen) atoms. The van der Waals surface area contributed by atoms with Crippen molar-refractivity contribution in [2.24, 2.45) is 5.73 Å². The van der Waals surface area contributed by atoms with Crippen molar-refractivity contribution in [1.29, 1.82) is 10.8 Å². The standard InChI is InChI=1S/C32H41N5O7/c1-4-41-29(38)13-10-22-6-7-24(31(34)35)18-28(22)43-20-25(19-30(39)42-5-2)36-32(40)23-8-11-26(12-9-23)44-27-14-16-37(17-15-27)21(3)33/h6-13,18,25,27,33H,4-5,14-17,19-20H2,1-3H3,(H3,34,35)(H,36,40)/b13-10+,33-21?/t25-/m1/s1. The maximum atomic E-state index is 13.2. The van der Waals surface area contributed by atoms with Crippen LogP contribution in [0.1, 0.15) is 61.5 Å². The summed E-state index contributed by atoms with van der Waals surface area (Å²) in [7, 11) is 0. The van der Waals surface area contributed by atoms with Crippen LogP contribution >= 0.6 is 0 Å². The summed E-state index contributed by atoms with van der Waals surface area (Å²) in [5.41, 5.74) is 6.94. The van der Waals surface area contributed by atoms with E-state index in [2.05, 4.69) is 5.32 Å². The molecule has 1 aliphatic rings. The first-order valence-corrected chi connectivity index (χ1v) is 14.6. The molecule has 236 valence electrons. The second kappa shape index (κ2) is 16.7. The Balaban J connectivity index is 1.69. The van der Waals surface area contributed by atoms with Crippen LogP contribution in [0.2, 0.25) is 0 Å². The molecule has 5 N–H and O–H groups in total. The summed E-state index contributed by atoms with van der Waals surface area (Å²) in [6.07, 6.45) is 4.28. The number of carbonyl (C=O) groups is 3. The summed E-state index contributed by atoms with van der Waals surface area (Å²) in [4.78, 5) is 39.4.